The van der Waals surface area contributed by atoms with E-state index in [4.69, 9.17) is 28.9 Å². The van der Waals surface area contributed by atoms with Gasteiger partial charge in [0.15, 0.2) is 5.82 Å². The number of anilines is 5. The van der Waals surface area contributed by atoms with Gasteiger partial charge in [0.05, 0.1) is 86.6 Å². The van der Waals surface area contributed by atoms with Crippen LogP contribution in [-0.2, 0) is 70.9 Å². The van der Waals surface area contributed by atoms with Crippen LogP contribution in [0.1, 0.15) is 97.5 Å². The van der Waals surface area contributed by atoms with Gasteiger partial charge in [-0.25, -0.2) is 32.8 Å². The Bertz CT molecular complexity index is 3960. The highest BCUT2D eigenvalue weighted by Gasteiger charge is 2.40. The number of nitrogens with one attached hydrogen (secondary N) is 10. The van der Waals surface area contributed by atoms with Gasteiger partial charge in [0.1, 0.15) is 36.1 Å². The molecule has 10 amide bonds. The molecule has 1 aliphatic rings. The molecule has 1 fully saturated rings. The minimum atomic E-state index is -4.18. The highest BCUT2D eigenvalue weighted by Crippen LogP contribution is 2.33. The number of hydrogen-bond donors (Lipinski definition) is 13. The van der Waals surface area contributed by atoms with Crippen LogP contribution in [-0.4, -0.2) is 186 Å². The van der Waals surface area contributed by atoms with Crippen LogP contribution in [0.2, 0.25) is 0 Å². The zero-order valence-electron chi connectivity index (χ0n) is 56.5. The van der Waals surface area contributed by atoms with Crippen molar-refractivity contribution in [3.63, 3.8) is 0 Å². The van der Waals surface area contributed by atoms with Crippen molar-refractivity contribution < 1.29 is 85.8 Å². The van der Waals surface area contributed by atoms with E-state index in [0.29, 0.717) is 59.7 Å². The van der Waals surface area contributed by atoms with Gasteiger partial charge in [0, 0.05) is 60.8 Å². The number of amides is 10. The first-order valence-electron chi connectivity index (χ1n) is 32.7. The largest absolute Gasteiger partial charge is 0.481 e. The first-order chi connectivity index (χ1) is 47.7. The molecule has 13 N–H and O–H groups in total. The lowest BCUT2D eigenvalue weighted by Crippen LogP contribution is -2.57. The zero-order chi connectivity index (χ0) is 72.5. The van der Waals surface area contributed by atoms with E-state index in [1.54, 1.807) is 39.8 Å². The van der Waals surface area contributed by atoms with Crippen LogP contribution >= 0.6 is 0 Å². The van der Waals surface area contributed by atoms with Crippen LogP contribution in [0.25, 0.3) is 21.9 Å². The molecule has 0 saturated carbocycles. The molecule has 0 bridgehead atoms. The van der Waals surface area contributed by atoms with Crippen LogP contribution < -0.4 is 52.6 Å². The number of urea groups is 3. The number of benzene rings is 4. The smallest absolute Gasteiger partial charge is 0.319 e. The van der Waals surface area contributed by atoms with Gasteiger partial charge in [-0.2, -0.15) is 0 Å². The Hall–Kier alpha value is -10.1. The topological polar surface area (TPSA) is 440 Å². The quantitative estimate of drug-likeness (QED) is 0.0202. The summed E-state index contributed by atoms with van der Waals surface area (Å²) in [6.45, 7) is 12.5. The maximum Gasteiger partial charge on any atom is 0.319 e. The molecule has 4 aromatic carbocycles. The summed E-state index contributed by atoms with van der Waals surface area (Å²) in [5.41, 5.74) is 1.64. The number of aromatic nitrogens is 3. The molecule has 0 unspecified atom stereocenters. The second-order valence-electron chi connectivity index (χ2n) is 24.3. The van der Waals surface area contributed by atoms with Crippen molar-refractivity contribution in [1.29, 1.82) is 0 Å². The monoisotopic (exact) mass is 1410 g/mol. The Morgan fingerprint density at radius 1 is 0.670 bits per heavy atom. The van der Waals surface area contributed by atoms with E-state index >= 15 is 0 Å². The van der Waals surface area contributed by atoms with E-state index < -0.39 is 112 Å². The number of carboxylic acids is 2. The predicted octanol–water partition coefficient (Wildman–Crippen LogP) is 5.85. The van der Waals surface area contributed by atoms with Crippen LogP contribution in [0.5, 0.6) is 0 Å². The summed E-state index contributed by atoms with van der Waals surface area (Å²) in [6.07, 6.45) is -0.230. The fourth-order valence-electron chi connectivity index (χ4n) is 10.6. The molecule has 100 heavy (non-hydrogen) atoms. The maximum absolute atomic E-state index is 14.2. The number of likely N-dealkylation sites (tertiary alicyclic amines) is 1. The first-order valence-corrected chi connectivity index (χ1v) is 34.2. The third-order valence-corrected chi connectivity index (χ3v) is 16.7. The first kappa shape index (κ1) is 77.3. The van der Waals surface area contributed by atoms with Crippen molar-refractivity contribution in [2.45, 2.75) is 128 Å². The number of nitrogens with zero attached hydrogens (tertiary/aromatic N) is 4. The van der Waals surface area contributed by atoms with Crippen LogP contribution in [0.4, 0.5) is 43.0 Å². The number of rotatable bonds is 38. The SMILES string of the molecule is CCCNC(=O)Nc1cccc(S(=O)(=O)Nc2cccc([C@@H](CC(=O)O)NC(=O)Nc3ccc(NC(=O)NCCOCCOCCOCCC(=O)N[C@@H](CC(=O)O)C(=O)N4CCC[C@H]4C(=O)N[C@H](C(=O)Nc4nc5ccccc5c5c4nc(COCC)n5CC(C)(C)O)C(C)C)cc3)c2)c1. The number of imidazole rings is 1. The number of hydrogen-bond acceptors (Lipinski definition) is 18. The number of carboxylic acid groups (broad SMARTS) is 2. The molecule has 1 saturated heterocycles. The van der Waals surface area contributed by atoms with Gasteiger partial charge in [0.2, 0.25) is 23.6 Å². The maximum atomic E-state index is 14.2. The van der Waals surface area contributed by atoms with Crippen LogP contribution in [0.15, 0.2) is 102 Å². The number of sulfonamides is 1. The molecule has 2 aromatic heterocycles. The molecular weight excluding hydrogens is 1320 g/mol. The number of para-hydroxylation sites is 1. The number of ether oxygens (including phenoxy) is 4. The summed E-state index contributed by atoms with van der Waals surface area (Å²) in [5.74, 6) is -5.14. The van der Waals surface area contributed by atoms with E-state index in [0.717, 1.165) is 5.39 Å². The third-order valence-electron chi connectivity index (χ3n) is 15.3. The van der Waals surface area contributed by atoms with Gasteiger partial charge < -0.3 is 91.6 Å². The summed E-state index contributed by atoms with van der Waals surface area (Å²) in [7, 11) is -4.18. The second-order valence-corrected chi connectivity index (χ2v) is 26.0. The van der Waals surface area contributed by atoms with Crippen LogP contribution in [0.3, 0.4) is 0 Å². The van der Waals surface area contributed by atoms with Crippen molar-refractivity contribution in [3.05, 3.63) is 108 Å². The molecule has 3 heterocycles. The predicted molar refractivity (Wildman–Crippen MR) is 370 cm³/mol. The number of pyridine rings is 1. The summed E-state index contributed by atoms with van der Waals surface area (Å²) in [4.78, 5) is 128. The average molecular weight is 1410 g/mol. The zero-order valence-corrected chi connectivity index (χ0v) is 57.3. The number of carbonyl (C=O) groups excluding carboxylic acids is 7. The molecule has 0 radical (unpaired) electrons. The van der Waals surface area contributed by atoms with Gasteiger partial charge in [-0.3, -0.25) is 33.5 Å². The van der Waals surface area contributed by atoms with Gasteiger partial charge in [-0.1, -0.05) is 57.2 Å². The van der Waals surface area contributed by atoms with Crippen molar-refractivity contribution in [2.24, 2.45) is 5.92 Å². The Kier molecular flexibility index (Phi) is 28.8. The van der Waals surface area contributed by atoms with E-state index in [-0.39, 0.29) is 106 Å². The molecule has 540 valence electrons. The number of fused-ring (bicyclic) bond motifs is 3. The Morgan fingerprint density at radius 2 is 1.30 bits per heavy atom. The Morgan fingerprint density at radius 3 is 1.96 bits per heavy atom. The number of aliphatic carboxylic acids is 2. The molecule has 32 nitrogen and oxygen atoms in total. The summed E-state index contributed by atoms with van der Waals surface area (Å²) in [5, 5.41) is 55.0. The molecule has 4 atom stereocenters. The fourth-order valence-corrected chi connectivity index (χ4v) is 11.7. The fraction of sp³-hybridized carbons (Fsp3) is 0.448. The van der Waals surface area contributed by atoms with E-state index in [1.165, 1.54) is 77.7 Å². The molecule has 33 heteroatoms. The third kappa shape index (κ3) is 23.6. The van der Waals surface area contributed by atoms with Gasteiger partial charge in [-0.15, -0.1) is 0 Å². The van der Waals surface area contributed by atoms with Gasteiger partial charge >= 0.3 is 30.0 Å². The van der Waals surface area contributed by atoms with Crippen molar-refractivity contribution in [3.8, 4) is 0 Å². The van der Waals surface area contributed by atoms with Crippen molar-refractivity contribution in [2.75, 3.05) is 91.9 Å². The summed E-state index contributed by atoms with van der Waals surface area (Å²) in [6, 6.07) is 18.2. The van der Waals surface area contributed by atoms with Crippen LogP contribution in [0, 0.1) is 5.92 Å². The molecule has 1 aliphatic heterocycles. The minimum Gasteiger partial charge on any atom is -0.481 e. The molecule has 6 aromatic rings. The standard InChI is InChI=1S/C67H88N14O18S/c1-7-26-68-64(90)72-45-15-12-17-47(36-45)100(94,95)79-46-16-11-14-42(35-46)50(37-55(83)84)75-66(92)71-44-23-21-43(22-24-44)70-65(91)69-27-30-98-32-34-99-33-31-97-29-25-54(82)73-51(38-56(85)86)63(89)80-28-13-20-52(80)61(87)77-57(41(3)4)62(88)78-60-58-59(48-18-9-10-19-49(48)74-60)81(40-67(5,6)93)53(76-58)39-96-8-2/h9-12,14-19,21-24,35-36,41,50-52,57,79,93H,7-8,13,20,25-34,37-40H2,1-6H3,(H,73,82)(H,77,87)(H,83,84)(H,85,86)(H2,68,72,90)(H2,69,70,91)(H2,71,75,92)(H,74,78,88)/t50-,51+,52+,57+/m1/s1. The van der Waals surface area contributed by atoms with Crippen molar-refractivity contribution >= 4 is 114 Å². The Balaban J connectivity index is 0.776. The normalized spacial score (nSPS) is 14.0. The minimum absolute atomic E-state index is 0.0836. The lowest BCUT2D eigenvalue weighted by Gasteiger charge is -2.30. The summed E-state index contributed by atoms with van der Waals surface area (Å²) < 4.78 is 53.3. The van der Waals surface area contributed by atoms with E-state index in [9.17, 15) is 66.9 Å². The molecular formula is C67H88N14O18S. The van der Waals surface area contributed by atoms with Gasteiger partial charge in [0.25, 0.3) is 10.0 Å². The highest BCUT2D eigenvalue weighted by molar-refractivity contribution is 7.92. The number of aliphatic hydroxyl groups is 1. The molecule has 0 aliphatic carbocycles. The summed E-state index contributed by atoms with van der Waals surface area (Å²) >= 11 is 0. The lowest BCUT2D eigenvalue weighted by atomic mass is 10.0. The van der Waals surface area contributed by atoms with Crippen molar-refractivity contribution in [1.82, 2.24) is 46.0 Å². The Labute approximate surface area is 577 Å². The highest BCUT2D eigenvalue weighted by atomic mass is 32.2. The lowest BCUT2D eigenvalue weighted by molar-refractivity contribution is -0.146. The number of carbonyl (C=O) groups is 9. The average Bonchev–Trinajstić information content (AvgIpc) is 1.67. The molecule has 7 rings (SSSR count). The second kappa shape index (κ2) is 37.2. The van der Waals surface area contributed by atoms with Gasteiger partial charge in [-0.05, 0) is 112 Å². The van der Waals surface area contributed by atoms with E-state index in [1.807, 2.05) is 30.5 Å². The molecule has 0 spiro atoms. The van der Waals surface area contributed by atoms with E-state index in [2.05, 4.69) is 52.6 Å².